The number of rotatable bonds is 5. The Kier molecular flexibility index (Phi) is 4.67. The maximum atomic E-state index is 9.04. The fraction of sp³-hybridized carbons (Fsp3) is 0.545. The molecular weight excluding hydrogens is 204 g/mol. The maximum Gasteiger partial charge on any atom is 0.167 e. The zero-order valence-electron chi connectivity index (χ0n) is 9.87. The number of ether oxygens (including phenoxy) is 1. The highest BCUT2D eigenvalue weighted by Crippen LogP contribution is 2.16. The van der Waals surface area contributed by atoms with Crippen molar-refractivity contribution in [3.8, 4) is 6.07 Å². The van der Waals surface area contributed by atoms with Gasteiger partial charge >= 0.3 is 0 Å². The van der Waals surface area contributed by atoms with Gasteiger partial charge in [-0.1, -0.05) is 0 Å². The topological polar surface area (TPSA) is 70.8 Å². The van der Waals surface area contributed by atoms with E-state index < -0.39 is 0 Å². The molecule has 1 aromatic heterocycles. The average Bonchev–Trinajstić information content (AvgIpc) is 2.29. The normalized spacial score (nSPS) is 9.88. The quantitative estimate of drug-likeness (QED) is 0.760. The predicted octanol–water partition coefficient (Wildman–Crippen LogP) is 1.41. The van der Waals surface area contributed by atoms with Gasteiger partial charge in [0.1, 0.15) is 11.6 Å². The molecule has 0 saturated carbocycles. The van der Waals surface area contributed by atoms with E-state index in [0.29, 0.717) is 31.1 Å². The summed E-state index contributed by atoms with van der Waals surface area (Å²) in [5, 5.41) is 20.0. The van der Waals surface area contributed by atoms with E-state index in [-0.39, 0.29) is 0 Å². The molecule has 0 aliphatic carbocycles. The second-order valence-electron chi connectivity index (χ2n) is 3.37. The number of nitrogens with one attached hydrogen (secondary N) is 1. The van der Waals surface area contributed by atoms with Gasteiger partial charge in [-0.05, 0) is 26.3 Å². The van der Waals surface area contributed by atoms with Crippen LogP contribution >= 0.6 is 0 Å². The molecule has 0 saturated heterocycles. The number of hydrogen-bond acceptors (Lipinski definition) is 5. The first kappa shape index (κ1) is 12.4. The summed E-state index contributed by atoms with van der Waals surface area (Å²) in [6.45, 7) is 7.56. The molecule has 0 spiro atoms. The van der Waals surface area contributed by atoms with E-state index in [1.54, 1.807) is 0 Å². The lowest BCUT2D eigenvalue weighted by molar-refractivity contribution is 0.158. The highest BCUT2D eigenvalue weighted by atomic mass is 16.5. The molecular formula is C11H16N4O. The van der Waals surface area contributed by atoms with Crippen molar-refractivity contribution in [1.82, 2.24) is 10.2 Å². The molecule has 0 unspecified atom stereocenters. The van der Waals surface area contributed by atoms with Crippen LogP contribution in [0.4, 0.5) is 5.82 Å². The van der Waals surface area contributed by atoms with Crippen molar-refractivity contribution in [2.24, 2.45) is 0 Å². The Morgan fingerprint density at radius 1 is 1.38 bits per heavy atom. The fourth-order valence-electron chi connectivity index (χ4n) is 1.25. The summed E-state index contributed by atoms with van der Waals surface area (Å²) in [5.74, 6) is 0.533. The van der Waals surface area contributed by atoms with Crippen LogP contribution in [-0.4, -0.2) is 30.0 Å². The van der Waals surface area contributed by atoms with Crippen LogP contribution < -0.4 is 5.32 Å². The lowest BCUT2D eigenvalue weighted by Gasteiger charge is -2.09. The van der Waals surface area contributed by atoms with Crippen LogP contribution in [0.5, 0.6) is 0 Å². The Labute approximate surface area is 95.4 Å². The molecule has 5 heteroatoms. The minimum absolute atomic E-state index is 0.533. The molecule has 0 aromatic carbocycles. The van der Waals surface area contributed by atoms with Gasteiger partial charge in [0.2, 0.25) is 0 Å². The van der Waals surface area contributed by atoms with Gasteiger partial charge in [0.25, 0.3) is 0 Å². The molecule has 0 bridgehead atoms. The number of aryl methyl sites for hydroxylation is 1. The third kappa shape index (κ3) is 2.91. The van der Waals surface area contributed by atoms with Gasteiger partial charge in [0.15, 0.2) is 5.82 Å². The predicted molar refractivity (Wildman–Crippen MR) is 61.2 cm³/mol. The van der Waals surface area contributed by atoms with Gasteiger partial charge < -0.3 is 10.1 Å². The van der Waals surface area contributed by atoms with E-state index >= 15 is 0 Å². The minimum atomic E-state index is 0.533. The second kappa shape index (κ2) is 6.03. The van der Waals surface area contributed by atoms with Crippen molar-refractivity contribution >= 4 is 5.82 Å². The highest BCUT2D eigenvalue weighted by molar-refractivity contribution is 5.55. The molecule has 0 radical (unpaired) electrons. The smallest absolute Gasteiger partial charge is 0.167 e. The molecule has 16 heavy (non-hydrogen) atoms. The van der Waals surface area contributed by atoms with E-state index in [2.05, 4.69) is 21.6 Å². The second-order valence-corrected chi connectivity index (χ2v) is 3.37. The first-order valence-corrected chi connectivity index (χ1v) is 5.26. The first-order chi connectivity index (χ1) is 7.70. The molecule has 0 aliphatic rings. The number of nitriles is 1. The number of aromatic nitrogens is 2. The van der Waals surface area contributed by atoms with Crippen LogP contribution in [0.1, 0.15) is 23.7 Å². The van der Waals surface area contributed by atoms with E-state index in [1.807, 2.05) is 20.8 Å². The van der Waals surface area contributed by atoms with Crippen LogP contribution in [0, 0.1) is 25.2 Å². The van der Waals surface area contributed by atoms with Gasteiger partial charge in [0, 0.05) is 13.2 Å². The Morgan fingerprint density at radius 3 is 2.75 bits per heavy atom. The third-order valence-corrected chi connectivity index (χ3v) is 2.31. The van der Waals surface area contributed by atoms with Crippen LogP contribution in [0.25, 0.3) is 0 Å². The molecule has 1 aromatic rings. The monoisotopic (exact) mass is 220 g/mol. The maximum absolute atomic E-state index is 9.04. The zero-order chi connectivity index (χ0) is 12.0. The first-order valence-electron chi connectivity index (χ1n) is 5.26. The Balaban J connectivity index is 2.73. The van der Waals surface area contributed by atoms with Gasteiger partial charge in [-0.25, -0.2) is 0 Å². The van der Waals surface area contributed by atoms with Gasteiger partial charge in [-0.2, -0.15) is 10.4 Å². The Morgan fingerprint density at radius 2 is 2.12 bits per heavy atom. The van der Waals surface area contributed by atoms with Crippen molar-refractivity contribution in [3.63, 3.8) is 0 Å². The van der Waals surface area contributed by atoms with Crippen LogP contribution in [0.3, 0.4) is 0 Å². The van der Waals surface area contributed by atoms with Crippen LogP contribution in [0.15, 0.2) is 0 Å². The van der Waals surface area contributed by atoms with Gasteiger partial charge in [-0.15, -0.1) is 5.10 Å². The summed E-state index contributed by atoms with van der Waals surface area (Å²) < 4.78 is 5.19. The number of nitrogens with zero attached hydrogens (tertiary/aromatic N) is 3. The fourth-order valence-corrected chi connectivity index (χ4v) is 1.25. The summed E-state index contributed by atoms with van der Waals surface area (Å²) in [5.41, 5.74) is 2.22. The lowest BCUT2D eigenvalue weighted by atomic mass is 10.1. The molecule has 1 N–H and O–H groups in total. The van der Waals surface area contributed by atoms with Gasteiger partial charge in [0.05, 0.1) is 12.3 Å². The van der Waals surface area contributed by atoms with Crippen LogP contribution in [-0.2, 0) is 4.74 Å². The molecule has 1 heterocycles. The van der Waals surface area contributed by atoms with Crippen molar-refractivity contribution in [3.05, 3.63) is 16.8 Å². The summed E-state index contributed by atoms with van der Waals surface area (Å²) in [6.07, 6.45) is 0. The minimum Gasteiger partial charge on any atom is -0.380 e. The van der Waals surface area contributed by atoms with E-state index in [1.165, 1.54) is 0 Å². The SMILES string of the molecule is CCOCCNc1nnc(C)c(C)c1C#N. The average molecular weight is 220 g/mol. The summed E-state index contributed by atoms with van der Waals surface area (Å²) >= 11 is 0. The Bertz CT molecular complexity index is 398. The van der Waals surface area contributed by atoms with Crippen molar-refractivity contribution in [2.45, 2.75) is 20.8 Å². The van der Waals surface area contributed by atoms with Crippen molar-refractivity contribution in [2.75, 3.05) is 25.1 Å². The zero-order valence-corrected chi connectivity index (χ0v) is 9.87. The van der Waals surface area contributed by atoms with Gasteiger partial charge in [-0.3, -0.25) is 0 Å². The summed E-state index contributed by atoms with van der Waals surface area (Å²) in [6, 6.07) is 2.14. The third-order valence-electron chi connectivity index (χ3n) is 2.31. The van der Waals surface area contributed by atoms with E-state index in [0.717, 1.165) is 11.3 Å². The number of anilines is 1. The standard InChI is InChI=1S/C11H16N4O/c1-4-16-6-5-13-11-10(7-12)8(2)9(3)14-15-11/h4-6H2,1-3H3,(H,13,15). The van der Waals surface area contributed by atoms with Crippen molar-refractivity contribution in [1.29, 1.82) is 5.26 Å². The largest absolute Gasteiger partial charge is 0.380 e. The van der Waals surface area contributed by atoms with E-state index in [4.69, 9.17) is 10.00 Å². The number of hydrogen-bond donors (Lipinski definition) is 1. The lowest BCUT2D eigenvalue weighted by Crippen LogP contribution is -2.13. The van der Waals surface area contributed by atoms with E-state index in [9.17, 15) is 0 Å². The highest BCUT2D eigenvalue weighted by Gasteiger charge is 2.09. The summed E-state index contributed by atoms with van der Waals surface area (Å²) in [7, 11) is 0. The molecule has 5 nitrogen and oxygen atoms in total. The van der Waals surface area contributed by atoms with Crippen LogP contribution in [0.2, 0.25) is 0 Å². The summed E-state index contributed by atoms with van der Waals surface area (Å²) in [4.78, 5) is 0. The Hall–Kier alpha value is -1.67. The van der Waals surface area contributed by atoms with Crippen molar-refractivity contribution < 1.29 is 4.74 Å². The molecule has 0 atom stereocenters. The molecule has 1 rings (SSSR count). The molecule has 0 fully saturated rings. The molecule has 0 amide bonds. The molecule has 86 valence electrons. The molecule has 0 aliphatic heterocycles.